The highest BCUT2D eigenvalue weighted by Gasteiger charge is 2.16. The monoisotopic (exact) mass is 290 g/mol. The summed E-state index contributed by atoms with van der Waals surface area (Å²) in [5, 5.41) is 3.48. The topological polar surface area (TPSA) is 34.1 Å². The summed E-state index contributed by atoms with van der Waals surface area (Å²) in [6, 6.07) is 4.15. The van der Waals surface area contributed by atoms with Crippen molar-refractivity contribution in [3.05, 3.63) is 23.5 Å². The summed E-state index contributed by atoms with van der Waals surface area (Å²) in [5.41, 5.74) is 2.12. The Morgan fingerprint density at radius 1 is 1.19 bits per heavy atom. The highest BCUT2D eigenvalue weighted by molar-refractivity contribution is 5.29. The number of rotatable bonds is 6. The molecular weight excluding hydrogens is 260 g/mol. The number of pyridine rings is 1. The molecule has 118 valence electrons. The minimum absolute atomic E-state index is 0.376. The maximum atomic E-state index is 6.28. The van der Waals surface area contributed by atoms with E-state index in [0.717, 1.165) is 30.2 Å². The largest absolute Gasteiger partial charge is 0.488 e. The van der Waals surface area contributed by atoms with Crippen LogP contribution < -0.4 is 10.1 Å². The summed E-state index contributed by atoms with van der Waals surface area (Å²) < 4.78 is 6.28. The van der Waals surface area contributed by atoms with Gasteiger partial charge in [-0.25, -0.2) is 0 Å². The summed E-state index contributed by atoms with van der Waals surface area (Å²) in [7, 11) is 0. The Morgan fingerprint density at radius 3 is 2.57 bits per heavy atom. The summed E-state index contributed by atoms with van der Waals surface area (Å²) in [6.45, 7) is 8.29. The van der Waals surface area contributed by atoms with Crippen molar-refractivity contribution in [3.8, 4) is 5.75 Å². The van der Waals surface area contributed by atoms with E-state index < -0.39 is 0 Å². The number of hydrogen-bond donors (Lipinski definition) is 1. The first-order valence-electron chi connectivity index (χ1n) is 8.49. The van der Waals surface area contributed by atoms with Gasteiger partial charge in [-0.1, -0.05) is 26.7 Å². The zero-order valence-corrected chi connectivity index (χ0v) is 13.8. The van der Waals surface area contributed by atoms with Gasteiger partial charge in [0.1, 0.15) is 5.75 Å². The van der Waals surface area contributed by atoms with Gasteiger partial charge in [0.2, 0.25) is 0 Å². The van der Waals surface area contributed by atoms with Gasteiger partial charge < -0.3 is 10.1 Å². The quantitative estimate of drug-likeness (QED) is 0.796. The standard InChI is InChI=1S/C18H30N2O/c1-14(2)12-19-13-17-18(11-10-15(3)20-17)21-16-8-6-4-5-7-9-16/h10-11,14,16,19H,4-9,12-13H2,1-3H3. The SMILES string of the molecule is Cc1ccc(OC2CCCCCC2)c(CNCC(C)C)n1. The van der Waals surface area contributed by atoms with E-state index in [1.807, 2.05) is 6.92 Å². The van der Waals surface area contributed by atoms with E-state index in [9.17, 15) is 0 Å². The molecule has 0 spiro atoms. The number of nitrogens with zero attached hydrogens (tertiary/aromatic N) is 1. The lowest BCUT2D eigenvalue weighted by atomic mass is 10.1. The van der Waals surface area contributed by atoms with Gasteiger partial charge >= 0.3 is 0 Å². The first-order chi connectivity index (χ1) is 10.1. The molecule has 3 heteroatoms. The predicted octanol–water partition coefficient (Wildman–Crippen LogP) is 4.24. The number of hydrogen-bond acceptors (Lipinski definition) is 3. The van der Waals surface area contributed by atoms with Crippen LogP contribution in [0.1, 0.15) is 63.8 Å². The average molecular weight is 290 g/mol. The molecule has 0 amide bonds. The molecule has 1 aliphatic carbocycles. The van der Waals surface area contributed by atoms with Crippen molar-refractivity contribution in [3.63, 3.8) is 0 Å². The normalized spacial score (nSPS) is 17.0. The van der Waals surface area contributed by atoms with Crippen molar-refractivity contribution in [1.82, 2.24) is 10.3 Å². The minimum Gasteiger partial charge on any atom is -0.488 e. The van der Waals surface area contributed by atoms with Gasteiger partial charge in [0, 0.05) is 12.2 Å². The molecule has 1 aromatic heterocycles. The molecular formula is C18H30N2O. The number of ether oxygens (including phenoxy) is 1. The lowest BCUT2D eigenvalue weighted by Gasteiger charge is -2.19. The molecule has 21 heavy (non-hydrogen) atoms. The van der Waals surface area contributed by atoms with Gasteiger partial charge in [0.15, 0.2) is 0 Å². The Labute approximate surface area is 129 Å². The first kappa shape index (κ1) is 16.3. The molecule has 1 fully saturated rings. The fraction of sp³-hybridized carbons (Fsp3) is 0.722. The molecule has 0 radical (unpaired) electrons. The van der Waals surface area contributed by atoms with E-state index in [4.69, 9.17) is 4.74 Å². The van der Waals surface area contributed by atoms with E-state index in [0.29, 0.717) is 12.0 Å². The highest BCUT2D eigenvalue weighted by atomic mass is 16.5. The van der Waals surface area contributed by atoms with Crippen LogP contribution in [0.2, 0.25) is 0 Å². The van der Waals surface area contributed by atoms with Crippen LogP contribution in [0.4, 0.5) is 0 Å². The molecule has 0 aromatic carbocycles. The van der Waals surface area contributed by atoms with E-state index in [1.54, 1.807) is 0 Å². The third-order valence-electron chi connectivity index (χ3n) is 4.01. The van der Waals surface area contributed by atoms with E-state index in [-0.39, 0.29) is 0 Å². The number of aromatic nitrogens is 1. The lowest BCUT2D eigenvalue weighted by molar-refractivity contribution is 0.180. The van der Waals surface area contributed by atoms with Gasteiger partial charge in [-0.2, -0.15) is 0 Å². The third kappa shape index (κ3) is 5.66. The Hall–Kier alpha value is -1.09. The summed E-state index contributed by atoms with van der Waals surface area (Å²) >= 11 is 0. The van der Waals surface area contributed by atoms with Crippen molar-refractivity contribution in [2.45, 2.75) is 71.9 Å². The Balaban J connectivity index is 1.99. The molecule has 1 N–H and O–H groups in total. The van der Waals surface area contributed by atoms with Crippen molar-refractivity contribution in [2.75, 3.05) is 6.54 Å². The third-order valence-corrected chi connectivity index (χ3v) is 4.01. The number of nitrogens with one attached hydrogen (secondary N) is 1. The molecule has 0 unspecified atom stereocenters. The maximum absolute atomic E-state index is 6.28. The number of aryl methyl sites for hydroxylation is 1. The molecule has 1 saturated carbocycles. The van der Waals surface area contributed by atoms with Crippen molar-refractivity contribution in [2.24, 2.45) is 5.92 Å². The lowest BCUT2D eigenvalue weighted by Crippen LogP contribution is -2.22. The van der Waals surface area contributed by atoms with Crippen molar-refractivity contribution >= 4 is 0 Å². The van der Waals surface area contributed by atoms with Crippen LogP contribution in [0.3, 0.4) is 0 Å². The maximum Gasteiger partial charge on any atom is 0.142 e. The van der Waals surface area contributed by atoms with Crippen LogP contribution in [0.15, 0.2) is 12.1 Å². The minimum atomic E-state index is 0.376. The summed E-state index contributed by atoms with van der Waals surface area (Å²) in [4.78, 5) is 4.67. The van der Waals surface area contributed by atoms with Crippen LogP contribution in [0, 0.1) is 12.8 Å². The Bertz CT molecular complexity index is 423. The van der Waals surface area contributed by atoms with Gasteiger partial charge in [-0.3, -0.25) is 4.98 Å². The smallest absolute Gasteiger partial charge is 0.142 e. The molecule has 1 aliphatic rings. The molecule has 0 saturated heterocycles. The van der Waals surface area contributed by atoms with Crippen LogP contribution >= 0.6 is 0 Å². The molecule has 0 bridgehead atoms. The van der Waals surface area contributed by atoms with Gasteiger partial charge in [-0.05, 0) is 57.2 Å². The zero-order chi connectivity index (χ0) is 15.1. The van der Waals surface area contributed by atoms with Crippen molar-refractivity contribution < 1.29 is 4.74 Å². The molecule has 1 heterocycles. The summed E-state index contributed by atoms with van der Waals surface area (Å²) in [6.07, 6.45) is 8.06. The van der Waals surface area contributed by atoms with Crippen LogP contribution in [-0.4, -0.2) is 17.6 Å². The van der Waals surface area contributed by atoms with E-state index in [2.05, 4.69) is 36.3 Å². The fourth-order valence-corrected chi connectivity index (χ4v) is 2.85. The van der Waals surface area contributed by atoms with E-state index >= 15 is 0 Å². The van der Waals surface area contributed by atoms with Gasteiger partial charge in [0.05, 0.1) is 11.8 Å². The first-order valence-corrected chi connectivity index (χ1v) is 8.49. The van der Waals surface area contributed by atoms with Crippen LogP contribution in [0.25, 0.3) is 0 Å². The molecule has 3 nitrogen and oxygen atoms in total. The second-order valence-corrected chi connectivity index (χ2v) is 6.65. The fourth-order valence-electron chi connectivity index (χ4n) is 2.85. The van der Waals surface area contributed by atoms with Gasteiger partial charge in [-0.15, -0.1) is 0 Å². The van der Waals surface area contributed by atoms with Gasteiger partial charge in [0.25, 0.3) is 0 Å². The van der Waals surface area contributed by atoms with Crippen LogP contribution in [0.5, 0.6) is 5.75 Å². The average Bonchev–Trinajstić information content (AvgIpc) is 2.70. The Kier molecular flexibility index (Phi) is 6.50. The van der Waals surface area contributed by atoms with E-state index in [1.165, 1.54) is 38.5 Å². The molecule has 2 rings (SSSR count). The molecule has 0 atom stereocenters. The predicted molar refractivity (Wildman–Crippen MR) is 87.6 cm³/mol. The van der Waals surface area contributed by atoms with Crippen LogP contribution in [-0.2, 0) is 6.54 Å². The highest BCUT2D eigenvalue weighted by Crippen LogP contribution is 2.25. The molecule has 1 aromatic rings. The summed E-state index contributed by atoms with van der Waals surface area (Å²) in [5.74, 6) is 1.63. The van der Waals surface area contributed by atoms with Crippen molar-refractivity contribution in [1.29, 1.82) is 0 Å². The second kappa shape index (κ2) is 8.38. The zero-order valence-electron chi connectivity index (χ0n) is 13.8. The second-order valence-electron chi connectivity index (χ2n) is 6.65. The Morgan fingerprint density at radius 2 is 1.90 bits per heavy atom. The molecule has 0 aliphatic heterocycles.